The molecule has 1 N–H and O–H groups in total. The first-order valence-electron chi connectivity index (χ1n) is 7.87. The first-order chi connectivity index (χ1) is 10.7. The summed E-state index contributed by atoms with van der Waals surface area (Å²) >= 11 is 0. The fourth-order valence-electron chi connectivity index (χ4n) is 2.92. The Labute approximate surface area is 132 Å². The molecule has 0 bridgehead atoms. The molecule has 22 heavy (non-hydrogen) atoms. The highest BCUT2D eigenvalue weighted by Gasteiger charge is 2.23. The number of nitrogens with zero attached hydrogens (tertiary/aromatic N) is 1. The molecule has 1 fully saturated rings. The minimum absolute atomic E-state index is 0.0226. The lowest BCUT2D eigenvalue weighted by Crippen LogP contribution is -2.31. The van der Waals surface area contributed by atoms with Gasteiger partial charge in [0.25, 0.3) is 5.91 Å². The molecule has 0 aliphatic carbocycles. The van der Waals surface area contributed by atoms with E-state index in [2.05, 4.69) is 41.4 Å². The van der Waals surface area contributed by atoms with Crippen LogP contribution in [0.1, 0.15) is 22.3 Å². The van der Waals surface area contributed by atoms with Crippen molar-refractivity contribution in [3.05, 3.63) is 65.7 Å². The summed E-state index contributed by atoms with van der Waals surface area (Å²) in [7, 11) is 0. The monoisotopic (exact) mass is 294 g/mol. The zero-order valence-corrected chi connectivity index (χ0v) is 13.0. The number of hydrogen-bond donors (Lipinski definition) is 1. The Balaban J connectivity index is 1.51. The van der Waals surface area contributed by atoms with Crippen LogP contribution in [-0.2, 0) is 0 Å². The number of rotatable bonds is 4. The van der Waals surface area contributed by atoms with E-state index in [1.54, 1.807) is 0 Å². The third-order valence-electron chi connectivity index (χ3n) is 4.27. The summed E-state index contributed by atoms with van der Waals surface area (Å²) in [6.07, 6.45) is 1.13. The van der Waals surface area contributed by atoms with Gasteiger partial charge < -0.3 is 10.2 Å². The number of carbonyl (C=O) groups excluding carboxylic acids is 1. The zero-order chi connectivity index (χ0) is 15.4. The number of amides is 1. The van der Waals surface area contributed by atoms with Gasteiger partial charge in [-0.3, -0.25) is 4.79 Å². The summed E-state index contributed by atoms with van der Waals surface area (Å²) in [5.41, 5.74) is 3.30. The van der Waals surface area contributed by atoms with Crippen molar-refractivity contribution in [3.8, 4) is 0 Å². The van der Waals surface area contributed by atoms with Crippen LogP contribution in [0, 0.1) is 12.8 Å². The van der Waals surface area contributed by atoms with Crippen LogP contribution in [0.2, 0.25) is 0 Å². The fraction of sp³-hybridized carbons (Fsp3) is 0.316. The predicted octanol–water partition coefficient (Wildman–Crippen LogP) is 3.25. The van der Waals surface area contributed by atoms with E-state index >= 15 is 0 Å². The average Bonchev–Trinajstić information content (AvgIpc) is 3.03. The molecule has 3 nitrogen and oxygen atoms in total. The Morgan fingerprint density at radius 1 is 1.14 bits per heavy atom. The van der Waals surface area contributed by atoms with E-state index in [0.717, 1.165) is 31.6 Å². The Kier molecular flexibility index (Phi) is 4.42. The maximum Gasteiger partial charge on any atom is 0.251 e. The summed E-state index contributed by atoms with van der Waals surface area (Å²) in [5, 5.41) is 3.06. The van der Waals surface area contributed by atoms with Gasteiger partial charge in [0.2, 0.25) is 0 Å². The van der Waals surface area contributed by atoms with Gasteiger partial charge in [-0.25, -0.2) is 0 Å². The Hall–Kier alpha value is -2.29. The van der Waals surface area contributed by atoms with Gasteiger partial charge in [0.05, 0.1) is 0 Å². The van der Waals surface area contributed by atoms with Gasteiger partial charge in [-0.1, -0.05) is 35.9 Å². The van der Waals surface area contributed by atoms with Gasteiger partial charge in [-0.2, -0.15) is 0 Å². The van der Waals surface area contributed by atoms with Gasteiger partial charge >= 0.3 is 0 Å². The minimum atomic E-state index is 0.0226. The second-order valence-corrected chi connectivity index (χ2v) is 6.01. The van der Waals surface area contributed by atoms with E-state index in [4.69, 9.17) is 0 Å². The second-order valence-electron chi connectivity index (χ2n) is 6.01. The lowest BCUT2D eigenvalue weighted by molar-refractivity contribution is 0.0948. The first-order valence-corrected chi connectivity index (χ1v) is 7.87. The van der Waals surface area contributed by atoms with Crippen LogP contribution in [0.3, 0.4) is 0 Å². The van der Waals surface area contributed by atoms with Crippen molar-refractivity contribution in [1.29, 1.82) is 0 Å². The van der Waals surface area contributed by atoms with Gasteiger partial charge in [-0.15, -0.1) is 0 Å². The third kappa shape index (κ3) is 3.48. The molecule has 2 aromatic carbocycles. The van der Waals surface area contributed by atoms with Crippen LogP contribution in [0.5, 0.6) is 0 Å². The topological polar surface area (TPSA) is 32.3 Å². The maximum absolute atomic E-state index is 12.1. The fourth-order valence-corrected chi connectivity index (χ4v) is 2.92. The van der Waals surface area contributed by atoms with Crippen LogP contribution in [0.4, 0.5) is 5.69 Å². The number of benzene rings is 2. The molecule has 1 heterocycles. The summed E-state index contributed by atoms with van der Waals surface area (Å²) in [6.45, 7) is 4.93. The Morgan fingerprint density at radius 2 is 1.86 bits per heavy atom. The van der Waals surface area contributed by atoms with Crippen molar-refractivity contribution >= 4 is 11.6 Å². The van der Waals surface area contributed by atoms with Gasteiger partial charge in [-0.05, 0) is 43.5 Å². The Bertz CT molecular complexity index is 622. The normalized spacial score (nSPS) is 17.5. The largest absolute Gasteiger partial charge is 0.371 e. The van der Waals surface area contributed by atoms with Crippen LogP contribution in [-0.4, -0.2) is 25.5 Å². The molecule has 0 radical (unpaired) electrons. The van der Waals surface area contributed by atoms with E-state index in [9.17, 15) is 4.79 Å². The van der Waals surface area contributed by atoms with Crippen molar-refractivity contribution in [2.75, 3.05) is 24.5 Å². The van der Waals surface area contributed by atoms with E-state index in [1.807, 2.05) is 30.3 Å². The zero-order valence-electron chi connectivity index (χ0n) is 13.0. The molecular formula is C19H22N2O. The molecule has 3 heteroatoms. The van der Waals surface area contributed by atoms with E-state index in [0.29, 0.717) is 5.92 Å². The molecule has 0 spiro atoms. The third-order valence-corrected chi connectivity index (χ3v) is 4.27. The van der Waals surface area contributed by atoms with E-state index in [1.165, 1.54) is 11.3 Å². The molecule has 1 saturated heterocycles. The highest BCUT2D eigenvalue weighted by molar-refractivity contribution is 5.94. The summed E-state index contributed by atoms with van der Waals surface area (Å²) in [5.74, 6) is 0.545. The van der Waals surface area contributed by atoms with Crippen molar-refractivity contribution in [2.45, 2.75) is 13.3 Å². The van der Waals surface area contributed by atoms with Gasteiger partial charge in [0.1, 0.15) is 0 Å². The number of hydrogen-bond acceptors (Lipinski definition) is 2. The van der Waals surface area contributed by atoms with Crippen molar-refractivity contribution < 1.29 is 4.79 Å². The van der Waals surface area contributed by atoms with E-state index < -0.39 is 0 Å². The summed E-state index contributed by atoms with van der Waals surface area (Å²) < 4.78 is 0. The lowest BCUT2D eigenvalue weighted by Gasteiger charge is -2.19. The number of carbonyl (C=O) groups is 1. The molecule has 1 atom stereocenters. The molecule has 0 saturated carbocycles. The number of aryl methyl sites for hydroxylation is 1. The Morgan fingerprint density at radius 3 is 2.59 bits per heavy atom. The standard InChI is InChI=1S/C19H22N2O/c1-15-7-9-18(10-8-15)21-12-11-16(14-21)13-20-19(22)17-5-3-2-4-6-17/h2-10,16H,11-14H2,1H3,(H,20,22). The maximum atomic E-state index is 12.1. The molecular weight excluding hydrogens is 272 g/mol. The molecule has 3 rings (SSSR count). The molecule has 1 unspecified atom stereocenters. The molecule has 1 amide bonds. The van der Waals surface area contributed by atoms with E-state index in [-0.39, 0.29) is 5.91 Å². The van der Waals surface area contributed by atoms with Crippen LogP contribution in [0.25, 0.3) is 0 Å². The average molecular weight is 294 g/mol. The quantitative estimate of drug-likeness (QED) is 0.939. The van der Waals surface area contributed by atoms with Gasteiger partial charge in [0, 0.05) is 30.9 Å². The minimum Gasteiger partial charge on any atom is -0.371 e. The molecule has 114 valence electrons. The van der Waals surface area contributed by atoms with Crippen LogP contribution in [0.15, 0.2) is 54.6 Å². The predicted molar refractivity (Wildman–Crippen MR) is 90.3 cm³/mol. The second kappa shape index (κ2) is 6.65. The molecule has 0 aromatic heterocycles. The van der Waals surface area contributed by atoms with Crippen LogP contribution >= 0.6 is 0 Å². The summed E-state index contributed by atoms with van der Waals surface area (Å²) in [4.78, 5) is 14.5. The van der Waals surface area contributed by atoms with Crippen LogP contribution < -0.4 is 10.2 Å². The highest BCUT2D eigenvalue weighted by atomic mass is 16.1. The van der Waals surface area contributed by atoms with Crippen molar-refractivity contribution in [3.63, 3.8) is 0 Å². The SMILES string of the molecule is Cc1ccc(N2CCC(CNC(=O)c3ccccc3)C2)cc1. The molecule has 1 aliphatic rings. The number of anilines is 1. The van der Waals surface area contributed by atoms with Gasteiger partial charge in [0.15, 0.2) is 0 Å². The lowest BCUT2D eigenvalue weighted by atomic mass is 10.1. The van der Waals surface area contributed by atoms with Crippen molar-refractivity contribution in [2.24, 2.45) is 5.92 Å². The molecule has 2 aromatic rings. The number of nitrogens with one attached hydrogen (secondary N) is 1. The smallest absolute Gasteiger partial charge is 0.251 e. The van der Waals surface area contributed by atoms with Crippen molar-refractivity contribution in [1.82, 2.24) is 5.32 Å². The molecule has 1 aliphatic heterocycles. The summed E-state index contributed by atoms with van der Waals surface area (Å²) in [6, 6.07) is 18.1. The highest BCUT2D eigenvalue weighted by Crippen LogP contribution is 2.23. The first kappa shape index (κ1) is 14.6.